The van der Waals surface area contributed by atoms with Crippen molar-refractivity contribution < 1.29 is 5.11 Å². The van der Waals surface area contributed by atoms with Crippen LogP contribution in [0.15, 0.2) is 42.1 Å². The van der Waals surface area contributed by atoms with E-state index in [1.165, 1.54) is 0 Å². The van der Waals surface area contributed by atoms with Gasteiger partial charge >= 0.3 is 0 Å². The first-order valence-corrected chi connectivity index (χ1v) is 7.56. The first-order chi connectivity index (χ1) is 11.0. The Kier molecular flexibility index (Phi) is 5.41. The summed E-state index contributed by atoms with van der Waals surface area (Å²) in [6.07, 6.45) is 2.02. The molecule has 0 aliphatic carbocycles. The number of nitrogens with two attached hydrogens (primary N) is 1. The third kappa shape index (κ3) is 4.35. The van der Waals surface area contributed by atoms with E-state index in [9.17, 15) is 5.11 Å². The molecule has 1 aromatic carbocycles. The zero-order valence-electron chi connectivity index (χ0n) is 13.7. The number of allylic oxidation sites excluding steroid dienone is 2. The first kappa shape index (κ1) is 16.6. The molecule has 0 saturated heterocycles. The maximum absolute atomic E-state index is 9.93. The van der Waals surface area contributed by atoms with Crippen molar-refractivity contribution in [2.75, 3.05) is 17.6 Å². The molecule has 2 aromatic rings. The molecule has 6 heteroatoms. The highest BCUT2D eigenvalue weighted by Crippen LogP contribution is 2.29. The number of aromatic hydroxyl groups is 1. The lowest BCUT2D eigenvalue weighted by Crippen LogP contribution is -2.31. The van der Waals surface area contributed by atoms with Gasteiger partial charge in [0.2, 0.25) is 0 Å². The number of para-hydroxylation sites is 1. The van der Waals surface area contributed by atoms with E-state index in [-0.39, 0.29) is 11.8 Å². The predicted molar refractivity (Wildman–Crippen MR) is 94.1 cm³/mol. The molecule has 5 N–H and O–H groups in total. The van der Waals surface area contributed by atoms with Crippen LogP contribution in [0.25, 0.3) is 11.3 Å². The zero-order valence-corrected chi connectivity index (χ0v) is 13.7. The van der Waals surface area contributed by atoms with Gasteiger partial charge in [-0.15, -0.1) is 10.2 Å². The van der Waals surface area contributed by atoms with E-state index in [1.54, 1.807) is 24.3 Å². The van der Waals surface area contributed by atoms with Crippen LogP contribution in [0, 0.1) is 0 Å². The average molecular weight is 313 g/mol. The fourth-order valence-corrected chi connectivity index (χ4v) is 2.15. The molecular formula is C17H23N5O. The van der Waals surface area contributed by atoms with Gasteiger partial charge in [0.25, 0.3) is 0 Å². The van der Waals surface area contributed by atoms with E-state index in [4.69, 9.17) is 5.73 Å². The molecule has 23 heavy (non-hydrogen) atoms. The lowest BCUT2D eigenvalue weighted by atomic mass is 10.1. The standard InChI is InChI=1S/C17H23N5O/c1-4-11(2)20-12(3)10-19-15-9-14(21-22-17(15)18)13-7-5-6-8-16(13)23/h4-9,12,20,23H,10H2,1-3H3,(H2,18,22)(H,19,21)/b11-4+. The van der Waals surface area contributed by atoms with Gasteiger partial charge in [0.15, 0.2) is 5.82 Å². The highest BCUT2D eigenvalue weighted by atomic mass is 16.3. The first-order valence-electron chi connectivity index (χ1n) is 7.56. The second kappa shape index (κ2) is 7.49. The molecule has 1 heterocycles. The molecule has 122 valence electrons. The van der Waals surface area contributed by atoms with Gasteiger partial charge in [-0.1, -0.05) is 18.2 Å². The number of benzene rings is 1. The minimum absolute atomic E-state index is 0.163. The van der Waals surface area contributed by atoms with Gasteiger partial charge in [-0.05, 0) is 39.0 Å². The van der Waals surface area contributed by atoms with Crippen molar-refractivity contribution in [1.29, 1.82) is 0 Å². The molecule has 0 amide bonds. The minimum atomic E-state index is 0.163. The van der Waals surface area contributed by atoms with Crippen LogP contribution in [-0.4, -0.2) is 27.9 Å². The van der Waals surface area contributed by atoms with E-state index < -0.39 is 0 Å². The third-order valence-electron chi connectivity index (χ3n) is 3.51. The molecular weight excluding hydrogens is 290 g/mol. The molecule has 0 saturated carbocycles. The van der Waals surface area contributed by atoms with Gasteiger partial charge in [0, 0.05) is 23.8 Å². The summed E-state index contributed by atoms with van der Waals surface area (Å²) in [5, 5.41) is 24.6. The molecule has 0 aliphatic heterocycles. The highest BCUT2D eigenvalue weighted by molar-refractivity contribution is 5.73. The predicted octanol–water partition coefficient (Wildman–Crippen LogP) is 2.75. The van der Waals surface area contributed by atoms with Crippen molar-refractivity contribution in [3.05, 3.63) is 42.1 Å². The van der Waals surface area contributed by atoms with Crippen LogP contribution in [0.3, 0.4) is 0 Å². The summed E-state index contributed by atoms with van der Waals surface area (Å²) in [4.78, 5) is 0. The Bertz CT molecular complexity index is 699. The van der Waals surface area contributed by atoms with Crippen LogP contribution in [0.2, 0.25) is 0 Å². The molecule has 0 radical (unpaired) electrons. The van der Waals surface area contributed by atoms with E-state index >= 15 is 0 Å². The molecule has 0 spiro atoms. The van der Waals surface area contributed by atoms with E-state index in [0.717, 1.165) is 5.70 Å². The van der Waals surface area contributed by atoms with Gasteiger partial charge in [-0.3, -0.25) is 0 Å². The van der Waals surface area contributed by atoms with E-state index in [2.05, 4.69) is 27.8 Å². The SMILES string of the molecule is C/C=C(\C)NC(C)CNc1cc(-c2ccccc2O)nnc1N. The molecule has 2 rings (SSSR count). The van der Waals surface area contributed by atoms with Crippen molar-refractivity contribution in [2.45, 2.75) is 26.8 Å². The van der Waals surface area contributed by atoms with Crippen LogP contribution in [0.5, 0.6) is 5.75 Å². The Morgan fingerprint density at radius 3 is 2.78 bits per heavy atom. The molecule has 0 aliphatic rings. The minimum Gasteiger partial charge on any atom is -0.507 e. The van der Waals surface area contributed by atoms with Crippen molar-refractivity contribution in [3.8, 4) is 17.0 Å². The highest BCUT2D eigenvalue weighted by Gasteiger charge is 2.10. The maximum atomic E-state index is 9.93. The average Bonchev–Trinajstić information content (AvgIpc) is 2.54. The van der Waals surface area contributed by atoms with Crippen LogP contribution >= 0.6 is 0 Å². The number of aromatic nitrogens is 2. The number of anilines is 2. The molecule has 0 bridgehead atoms. The largest absolute Gasteiger partial charge is 0.507 e. The molecule has 6 nitrogen and oxygen atoms in total. The van der Waals surface area contributed by atoms with E-state index in [1.807, 2.05) is 26.0 Å². The molecule has 1 atom stereocenters. The summed E-state index contributed by atoms with van der Waals surface area (Å²) in [6, 6.07) is 9.04. The van der Waals surface area contributed by atoms with Crippen LogP contribution in [-0.2, 0) is 0 Å². The van der Waals surface area contributed by atoms with Crippen LogP contribution in [0.4, 0.5) is 11.5 Å². The Morgan fingerprint density at radius 2 is 2.09 bits per heavy atom. The van der Waals surface area contributed by atoms with Crippen molar-refractivity contribution in [2.24, 2.45) is 0 Å². The van der Waals surface area contributed by atoms with Gasteiger partial charge in [0.05, 0.1) is 11.4 Å². The molecule has 1 aromatic heterocycles. The van der Waals surface area contributed by atoms with Crippen LogP contribution in [0.1, 0.15) is 20.8 Å². The smallest absolute Gasteiger partial charge is 0.169 e. The van der Waals surface area contributed by atoms with Crippen molar-refractivity contribution >= 4 is 11.5 Å². The van der Waals surface area contributed by atoms with Crippen molar-refractivity contribution in [3.63, 3.8) is 0 Å². The number of hydrogen-bond acceptors (Lipinski definition) is 6. The van der Waals surface area contributed by atoms with Crippen molar-refractivity contribution in [1.82, 2.24) is 15.5 Å². The Labute approximate surface area is 136 Å². The van der Waals surface area contributed by atoms with E-state index in [0.29, 0.717) is 29.3 Å². The Hall–Kier alpha value is -2.76. The van der Waals surface area contributed by atoms with Gasteiger partial charge in [-0.25, -0.2) is 0 Å². The fourth-order valence-electron chi connectivity index (χ4n) is 2.15. The number of hydrogen-bond donors (Lipinski definition) is 4. The maximum Gasteiger partial charge on any atom is 0.169 e. The summed E-state index contributed by atoms with van der Waals surface area (Å²) in [7, 11) is 0. The van der Waals surface area contributed by atoms with Gasteiger partial charge in [0.1, 0.15) is 5.75 Å². The normalized spacial score (nSPS) is 12.7. The van der Waals surface area contributed by atoms with Gasteiger partial charge in [-0.2, -0.15) is 0 Å². The summed E-state index contributed by atoms with van der Waals surface area (Å²) in [5.74, 6) is 0.496. The molecule has 0 fully saturated rings. The quantitative estimate of drug-likeness (QED) is 0.655. The summed E-state index contributed by atoms with van der Waals surface area (Å²) in [5.41, 5.74) is 8.91. The van der Waals surface area contributed by atoms with Crippen LogP contribution < -0.4 is 16.4 Å². The topological polar surface area (TPSA) is 96.1 Å². The number of phenolic OH excluding ortho intramolecular Hbond substituents is 1. The monoisotopic (exact) mass is 313 g/mol. The second-order valence-electron chi connectivity index (χ2n) is 5.44. The fraction of sp³-hybridized carbons (Fsp3) is 0.294. The summed E-state index contributed by atoms with van der Waals surface area (Å²) < 4.78 is 0. The number of nitrogens with zero attached hydrogens (tertiary/aromatic N) is 2. The Balaban J connectivity index is 2.14. The lowest BCUT2D eigenvalue weighted by Gasteiger charge is -2.17. The lowest BCUT2D eigenvalue weighted by molar-refractivity contribution is 0.477. The number of rotatable bonds is 6. The summed E-state index contributed by atoms with van der Waals surface area (Å²) >= 11 is 0. The number of phenols is 1. The third-order valence-corrected chi connectivity index (χ3v) is 3.51. The number of nitrogens with one attached hydrogen (secondary N) is 2. The Morgan fingerprint density at radius 1 is 1.35 bits per heavy atom. The second-order valence-corrected chi connectivity index (χ2v) is 5.44. The zero-order chi connectivity index (χ0) is 16.8. The van der Waals surface area contributed by atoms with Gasteiger partial charge < -0.3 is 21.5 Å². The summed E-state index contributed by atoms with van der Waals surface area (Å²) in [6.45, 7) is 6.77. The molecule has 1 unspecified atom stereocenters. The number of nitrogen functional groups attached to an aromatic ring is 1.